The number of hydrogen-bond donors (Lipinski definition) is 0. The zero-order valence-electron chi connectivity index (χ0n) is 7.61. The Bertz CT molecular complexity index is 81.2. The Labute approximate surface area is 64.8 Å². The van der Waals surface area contributed by atoms with E-state index in [4.69, 9.17) is 4.74 Å². The second-order valence-corrected chi connectivity index (χ2v) is 3.60. The predicted molar refractivity (Wildman–Crippen MR) is 44.8 cm³/mol. The third kappa shape index (κ3) is 3.21. The molecule has 0 aliphatic rings. The molecule has 1 radical (unpaired) electrons. The lowest BCUT2D eigenvalue weighted by atomic mass is 9.87. The first-order valence-electron chi connectivity index (χ1n) is 3.93. The van der Waals surface area contributed by atoms with Crippen molar-refractivity contribution in [3.63, 3.8) is 0 Å². The van der Waals surface area contributed by atoms with E-state index in [9.17, 15) is 0 Å². The lowest BCUT2D eigenvalue weighted by Gasteiger charge is -2.29. The normalized spacial score (nSPS) is 15.3. The molecule has 0 amide bonds. The summed E-state index contributed by atoms with van der Waals surface area (Å²) in [7, 11) is 0. The summed E-state index contributed by atoms with van der Waals surface area (Å²) in [5.41, 5.74) is 0.234. The maximum atomic E-state index is 5.49. The quantitative estimate of drug-likeness (QED) is 0.590. The average Bonchev–Trinajstić information content (AvgIpc) is 1.80. The highest BCUT2D eigenvalue weighted by Crippen LogP contribution is 2.24. The van der Waals surface area contributed by atoms with Gasteiger partial charge >= 0.3 is 0 Å². The van der Waals surface area contributed by atoms with Crippen molar-refractivity contribution in [1.29, 1.82) is 0 Å². The van der Waals surface area contributed by atoms with Crippen LogP contribution < -0.4 is 0 Å². The van der Waals surface area contributed by atoms with Crippen molar-refractivity contribution in [1.82, 2.24) is 0 Å². The van der Waals surface area contributed by atoms with Gasteiger partial charge in [0.1, 0.15) is 0 Å². The van der Waals surface area contributed by atoms with Gasteiger partial charge in [0.05, 0.1) is 6.10 Å². The molecular formula is C9H19O. The molecule has 0 rings (SSSR count). The zero-order valence-corrected chi connectivity index (χ0v) is 7.61. The van der Waals surface area contributed by atoms with Gasteiger partial charge in [0.2, 0.25) is 0 Å². The highest BCUT2D eigenvalue weighted by molar-refractivity contribution is 4.74. The summed E-state index contributed by atoms with van der Waals surface area (Å²) in [6, 6.07) is 0. The number of hydrogen-bond acceptors (Lipinski definition) is 1. The summed E-state index contributed by atoms with van der Waals surface area (Å²) < 4.78 is 5.49. The fourth-order valence-electron chi connectivity index (χ4n) is 0.968. The van der Waals surface area contributed by atoms with Gasteiger partial charge in [-0.2, -0.15) is 0 Å². The first kappa shape index (κ1) is 9.96. The molecule has 0 aromatic rings. The lowest BCUT2D eigenvalue weighted by Crippen LogP contribution is -2.28. The second kappa shape index (κ2) is 3.97. The summed E-state index contributed by atoms with van der Waals surface area (Å²) in [6.07, 6.45) is 1.16. The van der Waals surface area contributed by atoms with Crippen LogP contribution in [0.15, 0.2) is 0 Å². The Balaban J connectivity index is 3.81. The fourth-order valence-corrected chi connectivity index (χ4v) is 0.968. The first-order chi connectivity index (χ1) is 4.52. The van der Waals surface area contributed by atoms with Crippen molar-refractivity contribution >= 4 is 0 Å². The predicted octanol–water partition coefficient (Wildman–Crippen LogP) is 2.66. The van der Waals surface area contributed by atoms with Crippen molar-refractivity contribution in [2.24, 2.45) is 5.41 Å². The van der Waals surface area contributed by atoms with Crippen molar-refractivity contribution in [3.05, 3.63) is 6.92 Å². The molecule has 0 aliphatic heterocycles. The van der Waals surface area contributed by atoms with Gasteiger partial charge in [0.15, 0.2) is 0 Å². The summed E-state index contributed by atoms with van der Waals surface area (Å²) in [6.45, 7) is 13.2. The summed E-state index contributed by atoms with van der Waals surface area (Å²) in [4.78, 5) is 0. The van der Waals surface area contributed by atoms with Gasteiger partial charge in [0.25, 0.3) is 0 Å². The molecule has 0 aromatic carbocycles. The van der Waals surface area contributed by atoms with E-state index < -0.39 is 0 Å². The van der Waals surface area contributed by atoms with E-state index in [1.165, 1.54) is 0 Å². The number of rotatable bonds is 3. The largest absolute Gasteiger partial charge is 0.378 e. The summed E-state index contributed by atoms with van der Waals surface area (Å²) in [5, 5.41) is 0. The molecule has 61 valence electrons. The molecule has 0 aromatic heterocycles. The van der Waals surface area contributed by atoms with Gasteiger partial charge < -0.3 is 4.74 Å². The Morgan fingerprint density at radius 2 is 1.90 bits per heavy atom. The minimum absolute atomic E-state index is 0.234. The van der Waals surface area contributed by atoms with Crippen LogP contribution in [-0.2, 0) is 4.74 Å². The Kier molecular flexibility index (Phi) is 3.95. The van der Waals surface area contributed by atoms with Gasteiger partial charge in [-0.25, -0.2) is 0 Å². The zero-order chi connectivity index (χ0) is 8.20. The molecular weight excluding hydrogens is 124 g/mol. The highest BCUT2D eigenvalue weighted by Gasteiger charge is 2.22. The van der Waals surface area contributed by atoms with Crippen LogP contribution in [0.3, 0.4) is 0 Å². The second-order valence-electron chi connectivity index (χ2n) is 3.60. The van der Waals surface area contributed by atoms with E-state index in [1.807, 2.05) is 6.92 Å². The van der Waals surface area contributed by atoms with Crippen molar-refractivity contribution in [2.45, 2.75) is 40.2 Å². The first-order valence-corrected chi connectivity index (χ1v) is 3.93. The van der Waals surface area contributed by atoms with Crippen LogP contribution in [0.1, 0.15) is 34.1 Å². The summed E-state index contributed by atoms with van der Waals surface area (Å²) in [5.74, 6) is 0. The molecule has 1 unspecified atom stereocenters. The van der Waals surface area contributed by atoms with Crippen LogP contribution in [0.25, 0.3) is 0 Å². The van der Waals surface area contributed by atoms with Gasteiger partial charge in [-0.1, -0.05) is 27.7 Å². The van der Waals surface area contributed by atoms with Crippen LogP contribution >= 0.6 is 0 Å². The monoisotopic (exact) mass is 143 g/mol. The molecule has 1 nitrogen and oxygen atoms in total. The van der Waals surface area contributed by atoms with Crippen LogP contribution in [0, 0.1) is 12.3 Å². The molecule has 0 fully saturated rings. The van der Waals surface area contributed by atoms with E-state index in [2.05, 4.69) is 27.7 Å². The van der Waals surface area contributed by atoms with E-state index in [-0.39, 0.29) is 5.41 Å². The van der Waals surface area contributed by atoms with Crippen LogP contribution in [-0.4, -0.2) is 12.7 Å². The lowest BCUT2D eigenvalue weighted by molar-refractivity contribution is -0.00918. The van der Waals surface area contributed by atoms with Gasteiger partial charge in [-0.3, -0.25) is 0 Å². The Hall–Kier alpha value is -0.0400. The minimum Gasteiger partial charge on any atom is -0.378 e. The van der Waals surface area contributed by atoms with E-state index in [1.54, 1.807) is 0 Å². The van der Waals surface area contributed by atoms with E-state index in [0.717, 1.165) is 13.0 Å². The summed E-state index contributed by atoms with van der Waals surface area (Å²) >= 11 is 0. The van der Waals surface area contributed by atoms with Crippen LogP contribution in [0.2, 0.25) is 0 Å². The van der Waals surface area contributed by atoms with E-state index in [0.29, 0.717) is 6.10 Å². The Morgan fingerprint density at radius 3 is 2.00 bits per heavy atom. The van der Waals surface area contributed by atoms with Crippen molar-refractivity contribution < 1.29 is 4.74 Å². The molecule has 1 heteroatoms. The molecule has 0 N–H and O–H groups in total. The maximum Gasteiger partial charge on any atom is 0.0623 e. The molecule has 0 heterocycles. The number of ether oxygens (including phenoxy) is 1. The molecule has 10 heavy (non-hydrogen) atoms. The third-order valence-corrected chi connectivity index (χ3v) is 1.60. The standard InChI is InChI=1S/C9H19O/c1-6-8(10-7-2)9(3,4)5/h8H,1,6-7H2,2-5H3. The van der Waals surface area contributed by atoms with Crippen LogP contribution in [0.5, 0.6) is 0 Å². The van der Waals surface area contributed by atoms with Crippen molar-refractivity contribution in [2.75, 3.05) is 6.61 Å². The SMILES string of the molecule is [CH2]CC(OCC)C(C)(C)C. The topological polar surface area (TPSA) is 9.23 Å². The average molecular weight is 143 g/mol. The molecule has 0 spiro atoms. The van der Waals surface area contributed by atoms with Crippen LogP contribution in [0.4, 0.5) is 0 Å². The molecule has 0 aliphatic carbocycles. The van der Waals surface area contributed by atoms with Gasteiger partial charge in [-0.05, 0) is 18.8 Å². The fraction of sp³-hybridized carbons (Fsp3) is 0.889. The van der Waals surface area contributed by atoms with Crippen molar-refractivity contribution in [3.8, 4) is 0 Å². The minimum atomic E-state index is 0.234. The Morgan fingerprint density at radius 1 is 1.40 bits per heavy atom. The molecule has 1 atom stereocenters. The highest BCUT2D eigenvalue weighted by atomic mass is 16.5. The third-order valence-electron chi connectivity index (χ3n) is 1.60. The van der Waals surface area contributed by atoms with Gasteiger partial charge in [0, 0.05) is 6.61 Å². The maximum absolute atomic E-state index is 5.49. The smallest absolute Gasteiger partial charge is 0.0623 e. The molecule has 0 saturated heterocycles. The molecule has 0 bridgehead atoms. The van der Waals surface area contributed by atoms with E-state index >= 15 is 0 Å². The molecule has 0 saturated carbocycles. The van der Waals surface area contributed by atoms with Gasteiger partial charge in [-0.15, -0.1) is 0 Å².